The summed E-state index contributed by atoms with van der Waals surface area (Å²) in [6.07, 6.45) is 11.4. The standard InChI is InChI=1S/C15H23BrN2/c1-2-4-12-5-3-6-13(8-7-12)18-14-9-10-15(16)17-11-14/h9-13,18H,2-8H2,1H3. The lowest BCUT2D eigenvalue weighted by atomic mass is 9.95. The van der Waals surface area contributed by atoms with Gasteiger partial charge >= 0.3 is 0 Å². The van der Waals surface area contributed by atoms with Crippen LogP contribution in [0.2, 0.25) is 0 Å². The third-order valence-electron chi connectivity index (χ3n) is 3.88. The largest absolute Gasteiger partial charge is 0.381 e. The second-order valence-electron chi connectivity index (χ2n) is 5.37. The molecule has 1 fully saturated rings. The number of hydrogen-bond donors (Lipinski definition) is 1. The maximum atomic E-state index is 4.27. The molecule has 1 aromatic heterocycles. The molecule has 0 bridgehead atoms. The average molecular weight is 311 g/mol. The number of nitrogens with zero attached hydrogens (tertiary/aromatic N) is 1. The molecule has 2 unspecified atom stereocenters. The highest BCUT2D eigenvalue weighted by Crippen LogP contribution is 2.28. The highest BCUT2D eigenvalue weighted by molar-refractivity contribution is 9.10. The summed E-state index contributed by atoms with van der Waals surface area (Å²) in [5.74, 6) is 0.963. The summed E-state index contributed by atoms with van der Waals surface area (Å²) in [6, 6.07) is 4.74. The van der Waals surface area contributed by atoms with E-state index in [9.17, 15) is 0 Å². The van der Waals surface area contributed by atoms with Crippen molar-refractivity contribution >= 4 is 21.6 Å². The molecule has 1 aliphatic carbocycles. The fraction of sp³-hybridized carbons (Fsp3) is 0.667. The van der Waals surface area contributed by atoms with Crippen molar-refractivity contribution in [2.45, 2.75) is 57.9 Å². The Labute approximate surface area is 119 Å². The smallest absolute Gasteiger partial charge is 0.106 e. The summed E-state index contributed by atoms with van der Waals surface area (Å²) >= 11 is 3.37. The van der Waals surface area contributed by atoms with Crippen molar-refractivity contribution in [3.63, 3.8) is 0 Å². The first-order chi connectivity index (χ1) is 8.78. The summed E-state index contributed by atoms with van der Waals surface area (Å²) in [4.78, 5) is 4.27. The SMILES string of the molecule is CCCC1CCCC(Nc2ccc(Br)nc2)CC1. The van der Waals surface area contributed by atoms with Gasteiger partial charge in [0.25, 0.3) is 0 Å². The van der Waals surface area contributed by atoms with Gasteiger partial charge in [0.2, 0.25) is 0 Å². The van der Waals surface area contributed by atoms with Crippen LogP contribution < -0.4 is 5.32 Å². The maximum absolute atomic E-state index is 4.27. The van der Waals surface area contributed by atoms with Crippen LogP contribution >= 0.6 is 15.9 Å². The van der Waals surface area contributed by atoms with Gasteiger partial charge in [0.15, 0.2) is 0 Å². The second kappa shape index (κ2) is 7.13. The number of nitrogens with one attached hydrogen (secondary N) is 1. The molecular weight excluding hydrogens is 288 g/mol. The molecule has 1 aromatic rings. The molecule has 2 nitrogen and oxygen atoms in total. The molecule has 2 atom stereocenters. The van der Waals surface area contributed by atoms with E-state index in [0.29, 0.717) is 6.04 Å². The lowest BCUT2D eigenvalue weighted by molar-refractivity contribution is 0.422. The first-order valence-electron chi connectivity index (χ1n) is 7.16. The molecule has 1 saturated carbocycles. The normalized spacial score (nSPS) is 24.6. The lowest BCUT2D eigenvalue weighted by Gasteiger charge is -2.17. The van der Waals surface area contributed by atoms with Gasteiger partial charge in [-0.15, -0.1) is 0 Å². The van der Waals surface area contributed by atoms with Gasteiger partial charge in [-0.2, -0.15) is 0 Å². The zero-order valence-corrected chi connectivity index (χ0v) is 12.7. The predicted molar refractivity (Wildman–Crippen MR) is 80.8 cm³/mol. The Kier molecular flexibility index (Phi) is 5.48. The summed E-state index contributed by atoms with van der Waals surface area (Å²) in [5.41, 5.74) is 1.15. The van der Waals surface area contributed by atoms with Gasteiger partial charge in [-0.1, -0.05) is 32.6 Å². The summed E-state index contributed by atoms with van der Waals surface area (Å²) in [6.45, 7) is 2.30. The first-order valence-corrected chi connectivity index (χ1v) is 7.95. The number of halogens is 1. The Morgan fingerprint density at radius 2 is 2.17 bits per heavy atom. The monoisotopic (exact) mass is 310 g/mol. The van der Waals surface area contributed by atoms with Crippen molar-refractivity contribution in [2.75, 3.05) is 5.32 Å². The minimum absolute atomic E-state index is 0.634. The van der Waals surface area contributed by atoms with Crippen LogP contribution in [-0.2, 0) is 0 Å². The molecule has 0 saturated heterocycles. The third-order valence-corrected chi connectivity index (χ3v) is 4.35. The van der Waals surface area contributed by atoms with Crippen LogP contribution in [-0.4, -0.2) is 11.0 Å². The summed E-state index contributed by atoms with van der Waals surface area (Å²) in [7, 11) is 0. The predicted octanol–water partition coefficient (Wildman–Crippen LogP) is 5.01. The van der Waals surface area contributed by atoms with Crippen LogP contribution in [0, 0.1) is 5.92 Å². The molecule has 100 valence electrons. The van der Waals surface area contributed by atoms with Crippen LogP contribution in [0.3, 0.4) is 0 Å². The number of anilines is 1. The number of hydrogen-bond acceptors (Lipinski definition) is 2. The van der Waals surface area contributed by atoms with E-state index in [1.807, 2.05) is 12.3 Å². The van der Waals surface area contributed by atoms with Gasteiger partial charge in [0.1, 0.15) is 4.60 Å². The molecule has 1 heterocycles. The molecule has 0 radical (unpaired) electrons. The first kappa shape index (κ1) is 13.9. The van der Waals surface area contributed by atoms with Crippen LogP contribution in [0.15, 0.2) is 22.9 Å². The molecule has 1 aliphatic rings. The topological polar surface area (TPSA) is 24.9 Å². The van der Waals surface area contributed by atoms with E-state index in [1.165, 1.54) is 44.9 Å². The number of rotatable bonds is 4. The van der Waals surface area contributed by atoms with Gasteiger partial charge in [0, 0.05) is 6.04 Å². The van der Waals surface area contributed by atoms with E-state index in [4.69, 9.17) is 0 Å². The minimum Gasteiger partial charge on any atom is -0.381 e. The molecule has 0 amide bonds. The fourth-order valence-electron chi connectivity index (χ4n) is 2.92. The Bertz CT molecular complexity index is 350. The quantitative estimate of drug-likeness (QED) is 0.625. The Balaban J connectivity index is 1.84. The van der Waals surface area contributed by atoms with E-state index < -0.39 is 0 Å². The number of aromatic nitrogens is 1. The zero-order chi connectivity index (χ0) is 12.8. The zero-order valence-electron chi connectivity index (χ0n) is 11.2. The van der Waals surface area contributed by atoms with E-state index in [0.717, 1.165) is 16.2 Å². The molecule has 0 spiro atoms. The Morgan fingerprint density at radius 1 is 1.28 bits per heavy atom. The molecule has 18 heavy (non-hydrogen) atoms. The van der Waals surface area contributed by atoms with Crippen molar-refractivity contribution in [3.05, 3.63) is 22.9 Å². The Morgan fingerprint density at radius 3 is 2.89 bits per heavy atom. The van der Waals surface area contributed by atoms with Crippen molar-refractivity contribution < 1.29 is 0 Å². The van der Waals surface area contributed by atoms with Crippen LogP contribution in [0.1, 0.15) is 51.9 Å². The molecule has 2 rings (SSSR count). The van der Waals surface area contributed by atoms with Crippen molar-refractivity contribution in [3.8, 4) is 0 Å². The van der Waals surface area contributed by atoms with E-state index >= 15 is 0 Å². The molecule has 3 heteroatoms. The maximum Gasteiger partial charge on any atom is 0.106 e. The average Bonchev–Trinajstić information content (AvgIpc) is 2.59. The summed E-state index contributed by atoms with van der Waals surface area (Å²) < 4.78 is 0.900. The number of pyridine rings is 1. The lowest BCUT2D eigenvalue weighted by Crippen LogP contribution is -2.18. The molecular formula is C15H23BrN2. The highest BCUT2D eigenvalue weighted by Gasteiger charge is 2.18. The van der Waals surface area contributed by atoms with Crippen LogP contribution in [0.25, 0.3) is 0 Å². The van der Waals surface area contributed by atoms with Gasteiger partial charge in [-0.25, -0.2) is 4.98 Å². The molecule has 0 aromatic carbocycles. The second-order valence-corrected chi connectivity index (χ2v) is 6.19. The molecule has 1 N–H and O–H groups in total. The van der Waals surface area contributed by atoms with E-state index in [1.54, 1.807) is 0 Å². The van der Waals surface area contributed by atoms with Crippen LogP contribution in [0.5, 0.6) is 0 Å². The van der Waals surface area contributed by atoms with Gasteiger partial charge in [-0.05, 0) is 53.2 Å². The minimum atomic E-state index is 0.634. The van der Waals surface area contributed by atoms with E-state index in [-0.39, 0.29) is 0 Å². The fourth-order valence-corrected chi connectivity index (χ4v) is 3.15. The van der Waals surface area contributed by atoms with Crippen molar-refractivity contribution in [2.24, 2.45) is 5.92 Å². The van der Waals surface area contributed by atoms with Crippen molar-refractivity contribution in [1.82, 2.24) is 4.98 Å². The summed E-state index contributed by atoms with van der Waals surface area (Å²) in [5, 5.41) is 3.63. The third kappa shape index (κ3) is 4.27. The van der Waals surface area contributed by atoms with Crippen molar-refractivity contribution in [1.29, 1.82) is 0 Å². The van der Waals surface area contributed by atoms with Crippen LogP contribution in [0.4, 0.5) is 5.69 Å². The Hall–Kier alpha value is -0.570. The highest BCUT2D eigenvalue weighted by atomic mass is 79.9. The van der Waals surface area contributed by atoms with Gasteiger partial charge in [0.05, 0.1) is 11.9 Å². The van der Waals surface area contributed by atoms with Gasteiger partial charge < -0.3 is 5.32 Å². The van der Waals surface area contributed by atoms with Gasteiger partial charge in [-0.3, -0.25) is 0 Å². The molecule has 0 aliphatic heterocycles. The van der Waals surface area contributed by atoms with E-state index in [2.05, 4.69) is 39.2 Å².